The minimum Gasteiger partial charge on any atom is -0.497 e. The predicted molar refractivity (Wildman–Crippen MR) is 109 cm³/mol. The van der Waals surface area contributed by atoms with Crippen molar-refractivity contribution in [3.8, 4) is 11.5 Å². The Kier molecular flexibility index (Phi) is 5.96. The van der Waals surface area contributed by atoms with Crippen LogP contribution >= 0.6 is 11.6 Å². The number of hydrogen-bond acceptors (Lipinski definition) is 6. The van der Waals surface area contributed by atoms with Crippen LogP contribution < -0.4 is 20.1 Å². The average molecular weight is 399 g/mol. The van der Waals surface area contributed by atoms with Crippen LogP contribution in [0.3, 0.4) is 0 Å². The number of methoxy groups -OCH3 is 2. The van der Waals surface area contributed by atoms with Gasteiger partial charge in [0.1, 0.15) is 17.2 Å². The summed E-state index contributed by atoms with van der Waals surface area (Å²) in [4.78, 5) is 21.1. The number of nitrogens with zero attached hydrogens (tertiary/aromatic N) is 2. The Labute approximate surface area is 167 Å². The average Bonchev–Trinajstić information content (AvgIpc) is 2.71. The molecule has 8 heteroatoms. The lowest BCUT2D eigenvalue weighted by molar-refractivity contribution is 0.102. The van der Waals surface area contributed by atoms with Crippen LogP contribution in [0.2, 0.25) is 5.02 Å². The highest BCUT2D eigenvalue weighted by Crippen LogP contribution is 2.31. The van der Waals surface area contributed by atoms with Gasteiger partial charge in [0.15, 0.2) is 0 Å². The second kappa shape index (κ2) is 8.58. The lowest BCUT2D eigenvalue weighted by Gasteiger charge is -2.12. The molecule has 0 radical (unpaired) electrons. The van der Waals surface area contributed by atoms with E-state index in [4.69, 9.17) is 21.1 Å². The summed E-state index contributed by atoms with van der Waals surface area (Å²) in [6, 6.07) is 12.2. The summed E-state index contributed by atoms with van der Waals surface area (Å²) in [5.74, 6) is 1.12. The van der Waals surface area contributed by atoms with Crippen molar-refractivity contribution < 1.29 is 14.3 Å². The van der Waals surface area contributed by atoms with Crippen LogP contribution in [-0.4, -0.2) is 30.1 Å². The maximum atomic E-state index is 12.6. The van der Waals surface area contributed by atoms with Crippen LogP contribution in [0.1, 0.15) is 16.1 Å². The van der Waals surface area contributed by atoms with Crippen molar-refractivity contribution >= 4 is 34.8 Å². The Hall–Kier alpha value is -3.32. The lowest BCUT2D eigenvalue weighted by atomic mass is 10.2. The quantitative estimate of drug-likeness (QED) is 0.638. The first kappa shape index (κ1) is 19.4. The first-order chi connectivity index (χ1) is 13.5. The molecule has 7 nitrogen and oxygen atoms in total. The molecule has 0 spiro atoms. The Morgan fingerprint density at radius 1 is 1.07 bits per heavy atom. The molecular formula is C20H19ClN4O3. The molecular weight excluding hydrogens is 380 g/mol. The SMILES string of the molecule is COc1ccc(Nc2nccc(C(=O)Nc3cc(C)c(Cl)cc3OC)n2)cc1. The molecule has 1 heterocycles. The minimum absolute atomic E-state index is 0.209. The Bertz CT molecular complexity index is 993. The molecule has 0 saturated heterocycles. The molecule has 3 rings (SSSR count). The molecule has 0 bridgehead atoms. The summed E-state index contributed by atoms with van der Waals surface area (Å²) in [6.45, 7) is 1.85. The van der Waals surface area contributed by atoms with E-state index in [0.717, 1.165) is 17.0 Å². The van der Waals surface area contributed by atoms with Crippen molar-refractivity contribution in [3.05, 3.63) is 64.9 Å². The normalized spacial score (nSPS) is 10.3. The van der Waals surface area contributed by atoms with Crippen LogP contribution in [0, 0.1) is 6.92 Å². The van der Waals surface area contributed by atoms with Gasteiger partial charge in [0.25, 0.3) is 5.91 Å². The molecule has 1 amide bonds. The molecule has 0 aliphatic carbocycles. The van der Waals surface area contributed by atoms with Crippen molar-refractivity contribution in [3.63, 3.8) is 0 Å². The summed E-state index contributed by atoms with van der Waals surface area (Å²) in [7, 11) is 3.11. The van der Waals surface area contributed by atoms with Gasteiger partial charge in [-0.05, 0) is 48.9 Å². The van der Waals surface area contributed by atoms with E-state index in [1.807, 2.05) is 31.2 Å². The molecule has 3 aromatic rings. The monoisotopic (exact) mass is 398 g/mol. The zero-order valence-corrected chi connectivity index (χ0v) is 16.4. The second-order valence-electron chi connectivity index (χ2n) is 5.87. The number of aromatic nitrogens is 2. The number of carbonyl (C=O) groups is 1. The minimum atomic E-state index is -0.389. The van der Waals surface area contributed by atoms with Crippen LogP contribution in [-0.2, 0) is 0 Å². The van der Waals surface area contributed by atoms with Gasteiger partial charge in [-0.15, -0.1) is 0 Å². The van der Waals surface area contributed by atoms with Gasteiger partial charge in [-0.25, -0.2) is 9.97 Å². The fourth-order valence-corrected chi connectivity index (χ4v) is 2.62. The van der Waals surface area contributed by atoms with E-state index in [1.165, 1.54) is 19.4 Å². The van der Waals surface area contributed by atoms with Gasteiger partial charge in [-0.2, -0.15) is 0 Å². The van der Waals surface area contributed by atoms with Gasteiger partial charge < -0.3 is 20.1 Å². The summed E-state index contributed by atoms with van der Waals surface area (Å²) in [5, 5.41) is 6.41. The van der Waals surface area contributed by atoms with E-state index in [0.29, 0.717) is 22.4 Å². The molecule has 0 aliphatic rings. The number of aryl methyl sites for hydroxylation is 1. The number of nitrogens with one attached hydrogen (secondary N) is 2. The molecule has 2 aromatic carbocycles. The van der Waals surface area contributed by atoms with E-state index >= 15 is 0 Å². The smallest absolute Gasteiger partial charge is 0.274 e. The third-order valence-corrected chi connectivity index (χ3v) is 4.37. The van der Waals surface area contributed by atoms with Gasteiger partial charge in [0, 0.05) is 23.0 Å². The van der Waals surface area contributed by atoms with E-state index < -0.39 is 0 Å². The topological polar surface area (TPSA) is 85.4 Å². The summed E-state index contributed by atoms with van der Waals surface area (Å²) in [5.41, 5.74) is 2.31. The van der Waals surface area contributed by atoms with Gasteiger partial charge in [0.05, 0.1) is 19.9 Å². The van der Waals surface area contributed by atoms with Crippen molar-refractivity contribution in [2.24, 2.45) is 0 Å². The summed E-state index contributed by atoms with van der Waals surface area (Å²) < 4.78 is 10.4. The first-order valence-electron chi connectivity index (χ1n) is 8.39. The largest absolute Gasteiger partial charge is 0.497 e. The van der Waals surface area contributed by atoms with E-state index in [1.54, 1.807) is 19.2 Å². The van der Waals surface area contributed by atoms with Gasteiger partial charge in [-0.3, -0.25) is 4.79 Å². The Morgan fingerprint density at radius 2 is 1.82 bits per heavy atom. The number of amides is 1. The van der Waals surface area contributed by atoms with Gasteiger partial charge in [0.2, 0.25) is 5.95 Å². The molecule has 0 saturated carbocycles. The summed E-state index contributed by atoms with van der Waals surface area (Å²) >= 11 is 6.11. The van der Waals surface area contributed by atoms with Crippen molar-refractivity contribution in [1.82, 2.24) is 9.97 Å². The van der Waals surface area contributed by atoms with Crippen molar-refractivity contribution in [1.29, 1.82) is 0 Å². The Morgan fingerprint density at radius 3 is 2.50 bits per heavy atom. The molecule has 28 heavy (non-hydrogen) atoms. The predicted octanol–water partition coefficient (Wildman–Crippen LogP) is 4.45. The zero-order chi connectivity index (χ0) is 20.1. The summed E-state index contributed by atoms with van der Waals surface area (Å²) in [6.07, 6.45) is 1.51. The number of benzene rings is 2. The van der Waals surface area contributed by atoms with E-state index in [2.05, 4.69) is 20.6 Å². The number of rotatable bonds is 6. The number of halogens is 1. The number of carbonyl (C=O) groups excluding carboxylic acids is 1. The second-order valence-corrected chi connectivity index (χ2v) is 6.28. The number of hydrogen-bond donors (Lipinski definition) is 2. The maximum Gasteiger partial charge on any atom is 0.274 e. The van der Waals surface area contributed by atoms with Crippen LogP contribution in [0.5, 0.6) is 11.5 Å². The molecule has 0 fully saturated rings. The molecule has 0 aliphatic heterocycles. The fourth-order valence-electron chi connectivity index (χ4n) is 2.47. The Balaban J connectivity index is 1.78. The van der Waals surface area contributed by atoms with Crippen LogP contribution in [0.15, 0.2) is 48.7 Å². The standard InChI is InChI=1S/C20H19ClN4O3/c1-12-10-17(18(28-3)11-15(12)21)24-19(26)16-8-9-22-20(25-16)23-13-4-6-14(27-2)7-5-13/h4-11H,1-3H3,(H,24,26)(H,22,23,25). The first-order valence-corrected chi connectivity index (χ1v) is 8.77. The number of anilines is 3. The zero-order valence-electron chi connectivity index (χ0n) is 15.6. The maximum absolute atomic E-state index is 12.6. The van der Waals surface area contributed by atoms with Gasteiger partial charge >= 0.3 is 0 Å². The highest BCUT2D eigenvalue weighted by molar-refractivity contribution is 6.31. The highest BCUT2D eigenvalue weighted by atomic mass is 35.5. The van der Waals surface area contributed by atoms with Crippen LogP contribution in [0.25, 0.3) is 0 Å². The van der Waals surface area contributed by atoms with E-state index in [-0.39, 0.29) is 11.6 Å². The van der Waals surface area contributed by atoms with Crippen molar-refractivity contribution in [2.45, 2.75) is 6.92 Å². The van der Waals surface area contributed by atoms with Crippen LogP contribution in [0.4, 0.5) is 17.3 Å². The molecule has 2 N–H and O–H groups in total. The number of ether oxygens (including phenoxy) is 2. The fraction of sp³-hybridized carbons (Fsp3) is 0.150. The molecule has 0 unspecified atom stereocenters. The third-order valence-electron chi connectivity index (χ3n) is 3.96. The van der Waals surface area contributed by atoms with Crippen molar-refractivity contribution in [2.75, 3.05) is 24.9 Å². The third kappa shape index (κ3) is 4.50. The lowest BCUT2D eigenvalue weighted by Crippen LogP contribution is -2.15. The molecule has 144 valence electrons. The molecule has 1 aromatic heterocycles. The molecule has 0 atom stereocenters. The van der Waals surface area contributed by atoms with E-state index in [9.17, 15) is 4.79 Å². The van der Waals surface area contributed by atoms with Gasteiger partial charge in [-0.1, -0.05) is 11.6 Å². The highest BCUT2D eigenvalue weighted by Gasteiger charge is 2.14.